The lowest BCUT2D eigenvalue weighted by atomic mass is 9.99. The predicted octanol–water partition coefficient (Wildman–Crippen LogP) is -3.47. The minimum absolute atomic E-state index is 0.920. The van der Waals surface area contributed by atoms with E-state index in [0.717, 1.165) is 0 Å². The Kier molecular flexibility index (Phi) is 6.22. The minimum atomic E-state index is -2.35. The van der Waals surface area contributed by atoms with Crippen LogP contribution < -0.4 is 0 Å². The first-order valence-corrected chi connectivity index (χ1v) is 4.33. The molecule has 0 aliphatic carbocycles. The van der Waals surface area contributed by atoms with E-state index < -0.39 is 49.3 Å². The average Bonchev–Trinajstić information content (AvgIpc) is 2.32. The van der Waals surface area contributed by atoms with Crippen molar-refractivity contribution in [2.24, 2.45) is 0 Å². The van der Waals surface area contributed by atoms with E-state index in [1.54, 1.807) is 0 Å². The van der Waals surface area contributed by atoms with Crippen LogP contribution in [-0.2, 0) is 9.59 Å². The Hall–Kier alpha value is -0.930. The molecular formula is C8H13FO7. The van der Waals surface area contributed by atoms with Gasteiger partial charge in [-0.1, -0.05) is 0 Å². The summed E-state index contributed by atoms with van der Waals surface area (Å²) >= 11 is 0. The Labute approximate surface area is 89.8 Å². The van der Waals surface area contributed by atoms with Crippen molar-refractivity contribution >= 4 is 11.6 Å². The number of aliphatic hydroxyl groups is 5. The van der Waals surface area contributed by atoms with Crippen molar-refractivity contribution in [1.29, 1.82) is 0 Å². The number of Topliss-reactive ketones (excluding diaryl/α,β-unsaturated/α-hetero) is 2. The molecule has 7 nitrogen and oxygen atoms in total. The first kappa shape index (κ1) is 15.1. The van der Waals surface area contributed by atoms with Crippen molar-refractivity contribution in [1.82, 2.24) is 0 Å². The van der Waals surface area contributed by atoms with E-state index >= 15 is 0 Å². The number of hydrogen-bond donors (Lipinski definition) is 5. The fourth-order valence-electron chi connectivity index (χ4n) is 0.908. The SMILES string of the molecule is O=C(CF)C(=O)[C@H](O)[C@@H](O)[C@H](O)[C@H](O)CO. The molecule has 0 amide bonds. The molecule has 0 aromatic heterocycles. The zero-order chi connectivity index (χ0) is 12.9. The number of hydrogen-bond acceptors (Lipinski definition) is 7. The summed E-state index contributed by atoms with van der Waals surface area (Å²) in [5.74, 6) is -3.17. The maximum absolute atomic E-state index is 11.8. The first-order valence-electron chi connectivity index (χ1n) is 4.33. The Morgan fingerprint density at radius 3 is 1.94 bits per heavy atom. The third kappa shape index (κ3) is 3.58. The van der Waals surface area contributed by atoms with Crippen LogP contribution >= 0.6 is 0 Å². The third-order valence-corrected chi connectivity index (χ3v) is 1.92. The Morgan fingerprint density at radius 2 is 1.56 bits per heavy atom. The van der Waals surface area contributed by atoms with Gasteiger partial charge in [0.1, 0.15) is 24.4 Å². The molecular weight excluding hydrogens is 227 g/mol. The molecule has 94 valence electrons. The molecule has 0 spiro atoms. The van der Waals surface area contributed by atoms with Gasteiger partial charge in [0.25, 0.3) is 0 Å². The summed E-state index contributed by atoms with van der Waals surface area (Å²) in [6.07, 6.45) is -8.36. The van der Waals surface area contributed by atoms with Crippen molar-refractivity contribution in [2.75, 3.05) is 13.3 Å². The summed E-state index contributed by atoms with van der Waals surface area (Å²) in [6.45, 7) is -2.56. The third-order valence-electron chi connectivity index (χ3n) is 1.92. The molecule has 0 unspecified atom stereocenters. The van der Waals surface area contributed by atoms with E-state index in [0.29, 0.717) is 0 Å². The van der Waals surface area contributed by atoms with Gasteiger partial charge in [0.2, 0.25) is 11.6 Å². The van der Waals surface area contributed by atoms with Crippen molar-refractivity contribution < 1.29 is 39.5 Å². The summed E-state index contributed by atoms with van der Waals surface area (Å²) < 4.78 is 11.8. The second-order valence-electron chi connectivity index (χ2n) is 3.10. The molecule has 0 aromatic rings. The first-order chi connectivity index (χ1) is 7.36. The number of ketones is 2. The van der Waals surface area contributed by atoms with Crippen LogP contribution in [0.5, 0.6) is 0 Å². The smallest absolute Gasteiger partial charge is 0.232 e. The average molecular weight is 240 g/mol. The lowest BCUT2D eigenvalue weighted by molar-refractivity contribution is -0.154. The summed E-state index contributed by atoms with van der Waals surface area (Å²) in [5, 5.41) is 44.6. The highest BCUT2D eigenvalue weighted by Crippen LogP contribution is 2.06. The summed E-state index contributed by atoms with van der Waals surface area (Å²) in [5.41, 5.74) is 0. The molecule has 5 N–H and O–H groups in total. The van der Waals surface area contributed by atoms with Gasteiger partial charge in [-0.25, -0.2) is 4.39 Å². The van der Waals surface area contributed by atoms with Crippen LogP contribution in [0.3, 0.4) is 0 Å². The van der Waals surface area contributed by atoms with E-state index in [1.807, 2.05) is 0 Å². The monoisotopic (exact) mass is 240 g/mol. The van der Waals surface area contributed by atoms with Gasteiger partial charge in [-0.3, -0.25) is 9.59 Å². The lowest BCUT2D eigenvalue weighted by Gasteiger charge is -2.24. The highest BCUT2D eigenvalue weighted by molar-refractivity contribution is 6.39. The van der Waals surface area contributed by atoms with Crippen molar-refractivity contribution in [3.8, 4) is 0 Å². The van der Waals surface area contributed by atoms with Gasteiger partial charge >= 0.3 is 0 Å². The van der Waals surface area contributed by atoms with Crippen molar-refractivity contribution in [3.63, 3.8) is 0 Å². The zero-order valence-electron chi connectivity index (χ0n) is 8.15. The van der Waals surface area contributed by atoms with Gasteiger partial charge in [-0.05, 0) is 0 Å². The molecule has 0 fully saturated rings. The van der Waals surface area contributed by atoms with Gasteiger partial charge in [-0.2, -0.15) is 0 Å². The van der Waals surface area contributed by atoms with Crippen LogP contribution in [0, 0.1) is 0 Å². The normalized spacial score (nSPS) is 18.6. The molecule has 16 heavy (non-hydrogen) atoms. The summed E-state index contributed by atoms with van der Waals surface area (Å²) in [6, 6.07) is 0. The number of carbonyl (C=O) groups excluding carboxylic acids is 2. The summed E-state index contributed by atoms with van der Waals surface area (Å²) in [4.78, 5) is 21.4. The highest BCUT2D eigenvalue weighted by Gasteiger charge is 2.36. The van der Waals surface area contributed by atoms with Gasteiger partial charge < -0.3 is 25.5 Å². The molecule has 0 saturated heterocycles. The largest absolute Gasteiger partial charge is 0.394 e. The van der Waals surface area contributed by atoms with Gasteiger partial charge in [0.05, 0.1) is 6.61 Å². The van der Waals surface area contributed by atoms with Crippen LogP contribution in [0.15, 0.2) is 0 Å². The molecule has 0 radical (unpaired) electrons. The van der Waals surface area contributed by atoms with E-state index in [1.165, 1.54) is 0 Å². The molecule has 0 heterocycles. The maximum atomic E-state index is 11.8. The second kappa shape index (κ2) is 6.61. The number of alkyl halides is 1. The van der Waals surface area contributed by atoms with E-state index in [-0.39, 0.29) is 0 Å². The highest BCUT2D eigenvalue weighted by atomic mass is 19.1. The second-order valence-corrected chi connectivity index (χ2v) is 3.10. The molecule has 0 aliphatic rings. The minimum Gasteiger partial charge on any atom is -0.394 e. The molecule has 8 heteroatoms. The van der Waals surface area contributed by atoms with Crippen molar-refractivity contribution in [2.45, 2.75) is 24.4 Å². The number of halogens is 1. The van der Waals surface area contributed by atoms with E-state index in [9.17, 15) is 14.0 Å². The maximum Gasteiger partial charge on any atom is 0.232 e. The fourth-order valence-corrected chi connectivity index (χ4v) is 0.908. The summed E-state index contributed by atoms with van der Waals surface area (Å²) in [7, 11) is 0. The van der Waals surface area contributed by atoms with Crippen LogP contribution in [0.25, 0.3) is 0 Å². The molecule has 4 atom stereocenters. The Balaban J connectivity index is 4.54. The van der Waals surface area contributed by atoms with Crippen LogP contribution in [-0.4, -0.2) is 74.8 Å². The van der Waals surface area contributed by atoms with Gasteiger partial charge in [0, 0.05) is 0 Å². The Morgan fingerprint density at radius 1 is 1.06 bits per heavy atom. The topological polar surface area (TPSA) is 135 Å². The van der Waals surface area contributed by atoms with Crippen LogP contribution in [0.4, 0.5) is 4.39 Å². The lowest BCUT2D eigenvalue weighted by Crippen LogP contribution is -2.50. The van der Waals surface area contributed by atoms with E-state index in [4.69, 9.17) is 25.5 Å². The van der Waals surface area contributed by atoms with Crippen molar-refractivity contribution in [3.05, 3.63) is 0 Å². The standard InChI is InChI=1S/C8H13FO7/c9-1-3(11)5(13)7(15)8(16)6(14)4(12)2-10/h4,6-8,10,12,14-16H,1-2H2/t4-,6-,7+,8+/m1/s1. The molecule has 0 saturated carbocycles. The molecule has 0 aliphatic heterocycles. The molecule has 0 rings (SSSR count). The van der Waals surface area contributed by atoms with Gasteiger partial charge in [0.15, 0.2) is 6.67 Å². The Bertz CT molecular complexity index is 257. The van der Waals surface area contributed by atoms with Crippen LogP contribution in [0.1, 0.15) is 0 Å². The van der Waals surface area contributed by atoms with E-state index in [2.05, 4.69) is 0 Å². The number of carbonyl (C=O) groups is 2. The predicted molar refractivity (Wildman–Crippen MR) is 47.1 cm³/mol. The molecule has 0 bridgehead atoms. The van der Waals surface area contributed by atoms with Crippen LogP contribution in [0.2, 0.25) is 0 Å². The zero-order valence-corrected chi connectivity index (χ0v) is 8.15. The molecule has 0 aromatic carbocycles. The fraction of sp³-hybridized carbons (Fsp3) is 0.750. The van der Waals surface area contributed by atoms with Gasteiger partial charge in [-0.15, -0.1) is 0 Å². The number of aliphatic hydroxyl groups excluding tert-OH is 5. The number of rotatable bonds is 7. The quantitative estimate of drug-likeness (QED) is 0.292.